The minimum Gasteiger partial charge on any atom is -0.479 e. The van der Waals surface area contributed by atoms with Gasteiger partial charge in [0, 0.05) is 12.8 Å². The zero-order chi connectivity index (χ0) is 43.2. The van der Waals surface area contributed by atoms with Crippen molar-refractivity contribution in [2.24, 2.45) is 0 Å². The highest BCUT2D eigenvalue weighted by Crippen LogP contribution is 2.23. The van der Waals surface area contributed by atoms with E-state index in [1.54, 1.807) is 0 Å². The van der Waals surface area contributed by atoms with E-state index < -0.39 is 61.3 Å². The molecule has 4 N–H and O–H groups in total. The average molecular weight is 839 g/mol. The van der Waals surface area contributed by atoms with Crippen molar-refractivity contribution in [3.05, 3.63) is 24.3 Å². The third kappa shape index (κ3) is 30.4. The lowest BCUT2D eigenvalue weighted by Gasteiger charge is -2.38. The number of carboxylic acid groups (broad SMARTS) is 1. The number of unbranched alkanes of at least 4 members (excludes halogenated alkanes) is 25. The normalized spacial score (nSPS) is 20.1. The van der Waals surface area contributed by atoms with E-state index in [1.165, 1.54) is 109 Å². The number of aliphatic hydroxyl groups is 3. The van der Waals surface area contributed by atoms with Crippen molar-refractivity contribution in [2.75, 3.05) is 13.2 Å². The molecular formula is C48H86O11. The van der Waals surface area contributed by atoms with Crippen LogP contribution in [0.5, 0.6) is 0 Å². The van der Waals surface area contributed by atoms with Crippen molar-refractivity contribution in [1.29, 1.82) is 0 Å². The lowest BCUT2D eigenvalue weighted by Crippen LogP contribution is -2.60. The summed E-state index contributed by atoms with van der Waals surface area (Å²) < 4.78 is 21.8. The largest absolute Gasteiger partial charge is 0.479 e. The van der Waals surface area contributed by atoms with Gasteiger partial charge in [0.25, 0.3) is 0 Å². The summed E-state index contributed by atoms with van der Waals surface area (Å²) >= 11 is 0. The zero-order valence-electron chi connectivity index (χ0n) is 37.3. The Morgan fingerprint density at radius 1 is 0.525 bits per heavy atom. The molecule has 1 aliphatic heterocycles. The Kier molecular flexibility index (Phi) is 35.8. The van der Waals surface area contributed by atoms with E-state index in [0.717, 1.165) is 64.2 Å². The van der Waals surface area contributed by atoms with Gasteiger partial charge in [-0.05, 0) is 44.9 Å². The molecule has 0 aromatic heterocycles. The van der Waals surface area contributed by atoms with Crippen molar-refractivity contribution < 1.29 is 53.8 Å². The van der Waals surface area contributed by atoms with Crippen molar-refractivity contribution in [3.8, 4) is 0 Å². The maximum absolute atomic E-state index is 12.8. The molecule has 6 atom stereocenters. The van der Waals surface area contributed by atoms with Crippen LogP contribution >= 0.6 is 0 Å². The van der Waals surface area contributed by atoms with Gasteiger partial charge in [0.15, 0.2) is 18.5 Å². The number of carbonyl (C=O) groups excluding carboxylic acids is 2. The number of aliphatic carboxylic acids is 1. The summed E-state index contributed by atoms with van der Waals surface area (Å²) in [7, 11) is 0. The third-order valence-corrected chi connectivity index (χ3v) is 11.1. The molecule has 0 bridgehead atoms. The summed E-state index contributed by atoms with van der Waals surface area (Å²) in [5.41, 5.74) is 0. The Hall–Kier alpha value is -2.31. The molecule has 6 unspecified atom stereocenters. The summed E-state index contributed by atoms with van der Waals surface area (Å²) in [6.45, 7) is 3.80. The molecule has 11 heteroatoms. The Bertz CT molecular complexity index is 1080. The first-order valence-electron chi connectivity index (χ1n) is 23.9. The fraction of sp³-hybridized carbons (Fsp3) is 0.854. The Labute approximate surface area is 358 Å². The van der Waals surface area contributed by atoms with Crippen LogP contribution in [0.2, 0.25) is 0 Å². The third-order valence-electron chi connectivity index (χ3n) is 11.1. The first-order chi connectivity index (χ1) is 28.7. The van der Waals surface area contributed by atoms with E-state index in [4.69, 9.17) is 18.9 Å². The van der Waals surface area contributed by atoms with E-state index in [9.17, 15) is 34.8 Å². The molecular weight excluding hydrogens is 753 g/mol. The molecule has 0 spiro atoms. The summed E-state index contributed by atoms with van der Waals surface area (Å²) in [4.78, 5) is 36.9. The highest BCUT2D eigenvalue weighted by atomic mass is 16.7. The summed E-state index contributed by atoms with van der Waals surface area (Å²) in [6, 6.07) is 0. The van der Waals surface area contributed by atoms with Gasteiger partial charge >= 0.3 is 17.9 Å². The van der Waals surface area contributed by atoms with Crippen LogP contribution in [0.1, 0.15) is 213 Å². The van der Waals surface area contributed by atoms with Gasteiger partial charge in [0.2, 0.25) is 0 Å². The average Bonchev–Trinajstić information content (AvgIpc) is 3.22. The standard InChI is InChI=1S/C48H86O11/c1-3-5-7-9-11-13-15-17-19-20-21-23-25-27-29-31-33-35-37-42(50)58-40(39-57-48-45(53)43(51)44(52)46(59-48)47(54)55)38-56-41(49)36-34-32-30-28-26-24-22-18-16-14-12-10-8-6-4-2/h12,14,18,22,40,43-46,48,51-53H,3-11,13,15-17,19-21,23-39H2,1-2H3,(H,54,55)/b14-12-,22-18-. The molecule has 0 amide bonds. The van der Waals surface area contributed by atoms with Gasteiger partial charge in [-0.15, -0.1) is 0 Å². The Morgan fingerprint density at radius 2 is 0.949 bits per heavy atom. The number of hydrogen-bond donors (Lipinski definition) is 4. The number of aliphatic hydroxyl groups excluding tert-OH is 3. The molecule has 0 aromatic carbocycles. The van der Waals surface area contributed by atoms with Crippen LogP contribution in [0, 0.1) is 0 Å². The molecule has 0 aliphatic carbocycles. The van der Waals surface area contributed by atoms with Gasteiger partial charge in [-0.2, -0.15) is 0 Å². The molecule has 1 heterocycles. The molecule has 1 aliphatic rings. The molecule has 0 radical (unpaired) electrons. The van der Waals surface area contributed by atoms with Gasteiger partial charge in [-0.3, -0.25) is 9.59 Å². The van der Waals surface area contributed by atoms with Crippen LogP contribution in [0.4, 0.5) is 0 Å². The second kappa shape index (κ2) is 38.6. The molecule has 344 valence electrons. The van der Waals surface area contributed by atoms with Crippen LogP contribution in [-0.2, 0) is 33.3 Å². The molecule has 59 heavy (non-hydrogen) atoms. The van der Waals surface area contributed by atoms with E-state index in [0.29, 0.717) is 12.8 Å². The summed E-state index contributed by atoms with van der Waals surface area (Å²) in [5, 5.41) is 39.8. The molecule has 11 nitrogen and oxygen atoms in total. The summed E-state index contributed by atoms with van der Waals surface area (Å²) in [6.07, 6.45) is 33.7. The van der Waals surface area contributed by atoms with Crippen LogP contribution in [0.25, 0.3) is 0 Å². The number of carboxylic acids is 1. The lowest BCUT2D eigenvalue weighted by molar-refractivity contribution is -0.298. The zero-order valence-corrected chi connectivity index (χ0v) is 37.3. The van der Waals surface area contributed by atoms with Gasteiger partial charge in [-0.25, -0.2) is 4.79 Å². The van der Waals surface area contributed by atoms with Crippen LogP contribution in [0.15, 0.2) is 24.3 Å². The van der Waals surface area contributed by atoms with Gasteiger partial charge in [-0.1, -0.05) is 179 Å². The number of allylic oxidation sites excluding steroid dienone is 4. The fourth-order valence-electron chi connectivity index (χ4n) is 7.26. The molecule has 1 saturated heterocycles. The predicted molar refractivity (Wildman–Crippen MR) is 234 cm³/mol. The predicted octanol–water partition coefficient (Wildman–Crippen LogP) is 10.6. The fourth-order valence-corrected chi connectivity index (χ4v) is 7.26. The van der Waals surface area contributed by atoms with Gasteiger partial charge in [0.1, 0.15) is 24.9 Å². The Balaban J connectivity index is 2.34. The number of hydrogen-bond acceptors (Lipinski definition) is 10. The highest BCUT2D eigenvalue weighted by Gasteiger charge is 2.47. The quantitative estimate of drug-likeness (QED) is 0.0263. The van der Waals surface area contributed by atoms with Crippen molar-refractivity contribution in [1.82, 2.24) is 0 Å². The Morgan fingerprint density at radius 3 is 1.44 bits per heavy atom. The molecule has 0 saturated carbocycles. The number of esters is 2. The minimum absolute atomic E-state index is 0.184. The number of ether oxygens (including phenoxy) is 4. The second-order valence-electron chi connectivity index (χ2n) is 16.6. The second-order valence-corrected chi connectivity index (χ2v) is 16.6. The maximum Gasteiger partial charge on any atom is 0.335 e. The lowest BCUT2D eigenvalue weighted by atomic mass is 9.99. The van der Waals surface area contributed by atoms with Crippen LogP contribution < -0.4 is 0 Å². The highest BCUT2D eigenvalue weighted by molar-refractivity contribution is 5.73. The smallest absolute Gasteiger partial charge is 0.335 e. The number of rotatable bonds is 40. The van der Waals surface area contributed by atoms with E-state index in [1.807, 2.05) is 0 Å². The van der Waals surface area contributed by atoms with Crippen molar-refractivity contribution in [3.63, 3.8) is 0 Å². The molecule has 1 rings (SSSR count). The molecule has 0 aromatic rings. The van der Waals surface area contributed by atoms with E-state index in [-0.39, 0.29) is 19.4 Å². The van der Waals surface area contributed by atoms with Crippen molar-refractivity contribution >= 4 is 17.9 Å². The van der Waals surface area contributed by atoms with Gasteiger partial charge in [0.05, 0.1) is 6.61 Å². The SMILES string of the molecule is CCCCC/C=C\C/C=C\CCCCCCCC(=O)OCC(COC1OC(C(=O)O)C(O)C(O)C1O)OC(=O)CCCCCCCCCCCCCCCCCCCC. The van der Waals surface area contributed by atoms with Crippen LogP contribution in [-0.4, -0.2) is 88.4 Å². The first kappa shape index (κ1) is 54.7. The molecule has 1 fully saturated rings. The monoisotopic (exact) mass is 839 g/mol. The topological polar surface area (TPSA) is 169 Å². The summed E-state index contributed by atoms with van der Waals surface area (Å²) in [5.74, 6) is -2.45. The van der Waals surface area contributed by atoms with Gasteiger partial charge < -0.3 is 39.4 Å². The van der Waals surface area contributed by atoms with E-state index >= 15 is 0 Å². The maximum atomic E-state index is 12.8. The minimum atomic E-state index is -1.86. The number of carbonyl (C=O) groups is 3. The van der Waals surface area contributed by atoms with Crippen LogP contribution in [0.3, 0.4) is 0 Å². The van der Waals surface area contributed by atoms with Crippen molar-refractivity contribution in [2.45, 2.75) is 250 Å². The first-order valence-corrected chi connectivity index (χ1v) is 23.9. The van der Waals surface area contributed by atoms with E-state index in [2.05, 4.69) is 38.2 Å².